The van der Waals surface area contributed by atoms with E-state index >= 15 is 0 Å². The third-order valence-corrected chi connectivity index (χ3v) is 3.18. The van der Waals surface area contributed by atoms with Crippen LogP contribution in [0.2, 0.25) is 0 Å². The zero-order valence-electron chi connectivity index (χ0n) is 9.55. The summed E-state index contributed by atoms with van der Waals surface area (Å²) in [6, 6.07) is 0. The van der Waals surface area contributed by atoms with Gasteiger partial charge in [0.15, 0.2) is 0 Å². The first-order valence-electron chi connectivity index (χ1n) is 5.83. The number of hydrogen-bond donors (Lipinski definition) is 1. The summed E-state index contributed by atoms with van der Waals surface area (Å²) in [4.78, 5) is 0. The van der Waals surface area contributed by atoms with Crippen molar-refractivity contribution in [3.63, 3.8) is 0 Å². The normalized spacial score (nSPS) is 15.7. The second kappa shape index (κ2) is 8.55. The van der Waals surface area contributed by atoms with Gasteiger partial charge in [0.2, 0.25) is 0 Å². The fraction of sp³-hybridized carbons (Fsp3) is 1.00. The van der Waals surface area contributed by atoms with E-state index in [4.69, 9.17) is 5.11 Å². The molecule has 0 bridgehead atoms. The fourth-order valence-corrected chi connectivity index (χ4v) is 1.62. The number of aliphatic hydroxyl groups excluding tert-OH is 1. The molecule has 0 radical (unpaired) electrons. The monoisotopic (exact) mass is 186 g/mol. The van der Waals surface area contributed by atoms with E-state index < -0.39 is 0 Å². The fourth-order valence-electron chi connectivity index (χ4n) is 1.62. The van der Waals surface area contributed by atoms with Crippen molar-refractivity contribution in [1.82, 2.24) is 0 Å². The second-order valence-corrected chi connectivity index (χ2v) is 4.29. The van der Waals surface area contributed by atoms with E-state index in [0.29, 0.717) is 6.61 Å². The average molecular weight is 186 g/mol. The van der Waals surface area contributed by atoms with Crippen LogP contribution in [0.4, 0.5) is 0 Å². The summed E-state index contributed by atoms with van der Waals surface area (Å²) in [5, 5.41) is 8.60. The Morgan fingerprint density at radius 3 is 2.08 bits per heavy atom. The van der Waals surface area contributed by atoms with Crippen LogP contribution < -0.4 is 0 Å². The molecule has 0 aliphatic heterocycles. The van der Waals surface area contributed by atoms with Gasteiger partial charge in [-0.15, -0.1) is 0 Å². The maximum atomic E-state index is 8.60. The van der Waals surface area contributed by atoms with Crippen LogP contribution in [0.15, 0.2) is 0 Å². The third-order valence-electron chi connectivity index (χ3n) is 3.18. The zero-order chi connectivity index (χ0) is 10.1. The van der Waals surface area contributed by atoms with Gasteiger partial charge >= 0.3 is 0 Å². The van der Waals surface area contributed by atoms with E-state index in [1.54, 1.807) is 0 Å². The van der Waals surface area contributed by atoms with Crippen molar-refractivity contribution < 1.29 is 5.11 Å². The van der Waals surface area contributed by atoms with Crippen LogP contribution in [0.3, 0.4) is 0 Å². The lowest BCUT2D eigenvalue weighted by Crippen LogP contribution is -2.06. The molecule has 0 fully saturated rings. The van der Waals surface area contributed by atoms with Gasteiger partial charge in [-0.05, 0) is 18.3 Å². The molecule has 1 N–H and O–H groups in total. The highest BCUT2D eigenvalue weighted by atomic mass is 16.2. The lowest BCUT2D eigenvalue weighted by atomic mass is 9.89. The SMILES string of the molecule is CCC(C)C(C)CCCCCCO. The highest BCUT2D eigenvalue weighted by Gasteiger charge is 2.08. The summed E-state index contributed by atoms with van der Waals surface area (Å²) < 4.78 is 0. The quantitative estimate of drug-likeness (QED) is 0.574. The molecule has 0 saturated carbocycles. The molecule has 0 saturated heterocycles. The van der Waals surface area contributed by atoms with Gasteiger partial charge in [0, 0.05) is 6.61 Å². The predicted octanol–water partition coefficient (Wildman–Crippen LogP) is 3.61. The summed E-state index contributed by atoms with van der Waals surface area (Å²) in [5.74, 6) is 1.75. The maximum absolute atomic E-state index is 8.60. The molecule has 0 aromatic rings. The van der Waals surface area contributed by atoms with Crippen LogP contribution in [0.25, 0.3) is 0 Å². The molecule has 0 rings (SSSR count). The highest BCUT2D eigenvalue weighted by Crippen LogP contribution is 2.20. The van der Waals surface area contributed by atoms with Gasteiger partial charge in [-0.1, -0.05) is 52.9 Å². The summed E-state index contributed by atoms with van der Waals surface area (Å²) in [7, 11) is 0. The maximum Gasteiger partial charge on any atom is 0.0431 e. The van der Waals surface area contributed by atoms with Gasteiger partial charge in [0.25, 0.3) is 0 Å². The van der Waals surface area contributed by atoms with Crippen LogP contribution in [-0.2, 0) is 0 Å². The van der Waals surface area contributed by atoms with Crippen LogP contribution >= 0.6 is 0 Å². The molecule has 0 aliphatic rings. The van der Waals surface area contributed by atoms with Crippen molar-refractivity contribution >= 4 is 0 Å². The van der Waals surface area contributed by atoms with E-state index in [0.717, 1.165) is 18.3 Å². The van der Waals surface area contributed by atoms with E-state index in [1.165, 1.54) is 32.1 Å². The van der Waals surface area contributed by atoms with Gasteiger partial charge in [-0.3, -0.25) is 0 Å². The molecule has 0 amide bonds. The molecule has 0 aliphatic carbocycles. The van der Waals surface area contributed by atoms with Crippen LogP contribution in [0, 0.1) is 11.8 Å². The smallest absolute Gasteiger partial charge is 0.0431 e. The molecule has 1 heteroatoms. The Labute approximate surface area is 83.5 Å². The molecule has 0 spiro atoms. The minimum absolute atomic E-state index is 0.362. The Morgan fingerprint density at radius 2 is 1.54 bits per heavy atom. The van der Waals surface area contributed by atoms with Crippen LogP contribution in [0.5, 0.6) is 0 Å². The molecule has 0 aromatic carbocycles. The number of unbranched alkanes of at least 4 members (excludes halogenated alkanes) is 3. The van der Waals surface area contributed by atoms with Crippen molar-refractivity contribution in [3.05, 3.63) is 0 Å². The summed E-state index contributed by atoms with van der Waals surface area (Å²) in [6.45, 7) is 7.34. The van der Waals surface area contributed by atoms with Gasteiger partial charge < -0.3 is 5.11 Å². The molecule has 2 unspecified atom stereocenters. The molecular weight excluding hydrogens is 160 g/mol. The van der Waals surface area contributed by atoms with Crippen molar-refractivity contribution in [2.24, 2.45) is 11.8 Å². The summed E-state index contributed by atoms with van der Waals surface area (Å²) in [6.07, 6.45) is 7.48. The minimum atomic E-state index is 0.362. The van der Waals surface area contributed by atoms with Crippen LogP contribution in [0.1, 0.15) is 59.3 Å². The van der Waals surface area contributed by atoms with Gasteiger partial charge in [0.1, 0.15) is 0 Å². The standard InChI is InChI=1S/C12H26O/c1-4-11(2)12(3)9-7-5-6-8-10-13/h11-13H,4-10H2,1-3H3. The van der Waals surface area contributed by atoms with E-state index in [9.17, 15) is 0 Å². The lowest BCUT2D eigenvalue weighted by molar-refractivity contribution is 0.279. The molecular formula is C12H26O. The first kappa shape index (κ1) is 13.0. The van der Waals surface area contributed by atoms with Gasteiger partial charge in [0.05, 0.1) is 0 Å². The molecule has 1 nitrogen and oxygen atoms in total. The molecule has 0 aromatic heterocycles. The summed E-state index contributed by atoms with van der Waals surface area (Å²) in [5.41, 5.74) is 0. The van der Waals surface area contributed by atoms with Crippen molar-refractivity contribution in [3.8, 4) is 0 Å². The first-order valence-corrected chi connectivity index (χ1v) is 5.83. The second-order valence-electron chi connectivity index (χ2n) is 4.29. The number of rotatable bonds is 8. The third kappa shape index (κ3) is 7.06. The molecule has 0 heterocycles. The van der Waals surface area contributed by atoms with Crippen molar-refractivity contribution in [2.45, 2.75) is 59.3 Å². The van der Waals surface area contributed by atoms with E-state index in [2.05, 4.69) is 20.8 Å². The first-order chi connectivity index (χ1) is 6.22. The number of hydrogen-bond acceptors (Lipinski definition) is 1. The van der Waals surface area contributed by atoms with Crippen molar-refractivity contribution in [2.75, 3.05) is 6.61 Å². The Hall–Kier alpha value is -0.0400. The van der Waals surface area contributed by atoms with Gasteiger partial charge in [-0.25, -0.2) is 0 Å². The largest absolute Gasteiger partial charge is 0.396 e. The number of aliphatic hydroxyl groups is 1. The topological polar surface area (TPSA) is 20.2 Å². The Bertz CT molecular complexity index is 101. The summed E-state index contributed by atoms with van der Waals surface area (Å²) >= 11 is 0. The molecule has 13 heavy (non-hydrogen) atoms. The van der Waals surface area contributed by atoms with E-state index in [1.807, 2.05) is 0 Å². The Kier molecular flexibility index (Phi) is 8.53. The lowest BCUT2D eigenvalue weighted by Gasteiger charge is -2.17. The minimum Gasteiger partial charge on any atom is -0.396 e. The van der Waals surface area contributed by atoms with Crippen molar-refractivity contribution in [1.29, 1.82) is 0 Å². The zero-order valence-corrected chi connectivity index (χ0v) is 9.55. The Balaban J connectivity index is 3.21. The predicted molar refractivity (Wildman–Crippen MR) is 58.8 cm³/mol. The molecule has 2 atom stereocenters. The van der Waals surface area contributed by atoms with Crippen LogP contribution in [-0.4, -0.2) is 11.7 Å². The Morgan fingerprint density at radius 1 is 0.923 bits per heavy atom. The highest BCUT2D eigenvalue weighted by molar-refractivity contribution is 4.60. The molecule has 80 valence electrons. The van der Waals surface area contributed by atoms with E-state index in [-0.39, 0.29) is 0 Å². The van der Waals surface area contributed by atoms with Gasteiger partial charge in [-0.2, -0.15) is 0 Å². The average Bonchev–Trinajstić information content (AvgIpc) is 2.16.